The number of carbonyl (C=O) groups is 1. The van der Waals surface area contributed by atoms with Crippen molar-refractivity contribution >= 4 is 28.9 Å². The Kier molecular flexibility index (Phi) is 5.55. The van der Waals surface area contributed by atoms with Crippen molar-refractivity contribution < 1.29 is 9.21 Å². The first kappa shape index (κ1) is 19.1. The molecule has 1 atom stereocenters. The standard InChI is InChI=1S/C20H15N5O2S2/c1-25-18(17-8-5-9-27-17)23-24-20(25)29-12-16(26)14(10-21)19-22-15(11-28-19)13-6-3-2-4-7-13/h2-9,11,14H,12H2,1H3/t14-/m0/s1. The molecule has 29 heavy (non-hydrogen) atoms. The highest BCUT2D eigenvalue weighted by Gasteiger charge is 2.25. The minimum absolute atomic E-state index is 0.0998. The second-order valence-electron chi connectivity index (χ2n) is 6.10. The second kappa shape index (κ2) is 8.43. The number of thiazole rings is 1. The first-order valence-electron chi connectivity index (χ1n) is 8.66. The number of Topliss-reactive ketones (excluding diaryl/α,β-unsaturated/α-hetero) is 1. The summed E-state index contributed by atoms with van der Waals surface area (Å²) in [5.41, 5.74) is 1.72. The molecule has 4 aromatic rings. The third-order valence-corrected chi connectivity index (χ3v) is 6.16. The van der Waals surface area contributed by atoms with Crippen LogP contribution in [0.25, 0.3) is 22.8 Å². The van der Waals surface area contributed by atoms with Gasteiger partial charge in [0, 0.05) is 18.0 Å². The van der Waals surface area contributed by atoms with Gasteiger partial charge in [0.25, 0.3) is 0 Å². The molecule has 3 aromatic heterocycles. The van der Waals surface area contributed by atoms with Gasteiger partial charge in [-0.15, -0.1) is 21.5 Å². The summed E-state index contributed by atoms with van der Waals surface area (Å²) >= 11 is 2.56. The molecule has 144 valence electrons. The molecule has 0 aliphatic heterocycles. The van der Waals surface area contributed by atoms with E-state index in [9.17, 15) is 10.1 Å². The molecular weight excluding hydrogens is 406 g/mol. The Morgan fingerprint density at radius 2 is 2.10 bits per heavy atom. The summed E-state index contributed by atoms with van der Waals surface area (Å²) < 4.78 is 7.10. The first-order chi connectivity index (χ1) is 14.2. The maximum Gasteiger partial charge on any atom is 0.200 e. The summed E-state index contributed by atoms with van der Waals surface area (Å²) in [5, 5.41) is 20.7. The van der Waals surface area contributed by atoms with Gasteiger partial charge in [0.1, 0.15) is 5.01 Å². The van der Waals surface area contributed by atoms with Gasteiger partial charge in [-0.25, -0.2) is 4.98 Å². The van der Waals surface area contributed by atoms with Crippen LogP contribution in [-0.2, 0) is 11.8 Å². The van der Waals surface area contributed by atoms with Crippen LogP contribution in [0.4, 0.5) is 0 Å². The summed E-state index contributed by atoms with van der Waals surface area (Å²) in [6.45, 7) is 0. The van der Waals surface area contributed by atoms with E-state index in [1.807, 2.05) is 35.7 Å². The lowest BCUT2D eigenvalue weighted by molar-refractivity contribution is -0.116. The van der Waals surface area contributed by atoms with Crippen molar-refractivity contribution in [2.45, 2.75) is 11.1 Å². The number of thioether (sulfide) groups is 1. The van der Waals surface area contributed by atoms with E-state index < -0.39 is 5.92 Å². The number of rotatable bonds is 7. The predicted octanol–water partition coefficient (Wildman–Crippen LogP) is 4.17. The number of carbonyl (C=O) groups excluding carboxylic acids is 1. The molecule has 0 unspecified atom stereocenters. The van der Waals surface area contributed by atoms with Crippen molar-refractivity contribution in [3.8, 4) is 28.9 Å². The fraction of sp³-hybridized carbons (Fsp3) is 0.150. The Hall–Kier alpha value is -3.22. The van der Waals surface area contributed by atoms with Crippen molar-refractivity contribution in [2.75, 3.05) is 5.75 Å². The van der Waals surface area contributed by atoms with Gasteiger partial charge >= 0.3 is 0 Å². The zero-order valence-corrected chi connectivity index (χ0v) is 17.0. The highest BCUT2D eigenvalue weighted by atomic mass is 32.2. The van der Waals surface area contributed by atoms with Crippen LogP contribution in [0.1, 0.15) is 10.9 Å². The first-order valence-corrected chi connectivity index (χ1v) is 10.5. The van der Waals surface area contributed by atoms with E-state index in [4.69, 9.17) is 4.42 Å². The average molecular weight is 422 g/mol. The van der Waals surface area contributed by atoms with Crippen molar-refractivity contribution in [3.05, 3.63) is 59.1 Å². The molecule has 9 heteroatoms. The van der Waals surface area contributed by atoms with Gasteiger partial charge in [-0.1, -0.05) is 42.1 Å². The van der Waals surface area contributed by atoms with Crippen molar-refractivity contribution in [1.82, 2.24) is 19.7 Å². The fourth-order valence-corrected chi connectivity index (χ4v) is 4.42. The van der Waals surface area contributed by atoms with Crippen LogP contribution in [-0.4, -0.2) is 31.3 Å². The zero-order chi connectivity index (χ0) is 20.2. The van der Waals surface area contributed by atoms with Gasteiger partial charge in [0.2, 0.25) is 0 Å². The van der Waals surface area contributed by atoms with E-state index in [1.165, 1.54) is 23.1 Å². The predicted molar refractivity (Wildman–Crippen MR) is 110 cm³/mol. The highest BCUT2D eigenvalue weighted by molar-refractivity contribution is 7.99. The molecule has 0 fully saturated rings. The molecule has 3 heterocycles. The second-order valence-corrected chi connectivity index (χ2v) is 7.93. The number of hydrogen-bond donors (Lipinski definition) is 0. The Labute approximate surface area is 175 Å². The molecule has 0 aliphatic carbocycles. The Bertz CT molecular complexity index is 1160. The van der Waals surface area contributed by atoms with E-state index in [1.54, 1.807) is 30.0 Å². The third kappa shape index (κ3) is 3.99. The molecule has 0 saturated heterocycles. The SMILES string of the molecule is Cn1c(SCC(=O)[C@H](C#N)c2nc(-c3ccccc3)cs2)nnc1-c1ccco1. The van der Waals surface area contributed by atoms with Gasteiger partial charge in [-0.05, 0) is 12.1 Å². The maximum atomic E-state index is 12.7. The lowest BCUT2D eigenvalue weighted by Gasteiger charge is -2.05. The Morgan fingerprint density at radius 1 is 1.28 bits per heavy atom. The number of nitrogens with zero attached hydrogens (tertiary/aromatic N) is 5. The smallest absolute Gasteiger partial charge is 0.200 e. The van der Waals surface area contributed by atoms with E-state index >= 15 is 0 Å². The number of hydrogen-bond acceptors (Lipinski definition) is 8. The van der Waals surface area contributed by atoms with Crippen LogP contribution in [0.2, 0.25) is 0 Å². The van der Waals surface area contributed by atoms with Crippen molar-refractivity contribution in [1.29, 1.82) is 5.26 Å². The molecule has 7 nitrogen and oxygen atoms in total. The van der Waals surface area contributed by atoms with Crippen LogP contribution in [0.15, 0.2) is 63.7 Å². The molecule has 0 radical (unpaired) electrons. The molecule has 0 N–H and O–H groups in total. The Morgan fingerprint density at radius 3 is 2.83 bits per heavy atom. The van der Waals surface area contributed by atoms with Crippen molar-refractivity contribution in [2.24, 2.45) is 7.05 Å². The van der Waals surface area contributed by atoms with E-state index in [0.717, 1.165) is 11.3 Å². The van der Waals surface area contributed by atoms with Crippen LogP contribution in [0.5, 0.6) is 0 Å². The Balaban J connectivity index is 1.45. The topological polar surface area (TPSA) is 97.6 Å². The quantitative estimate of drug-likeness (QED) is 0.413. The number of aromatic nitrogens is 4. The van der Waals surface area contributed by atoms with E-state index in [2.05, 4.69) is 21.3 Å². The van der Waals surface area contributed by atoms with Crippen LogP contribution in [0.3, 0.4) is 0 Å². The molecular formula is C20H15N5O2S2. The summed E-state index contributed by atoms with van der Waals surface area (Å²) in [6, 6.07) is 15.3. The maximum absolute atomic E-state index is 12.7. The average Bonchev–Trinajstić information content (AvgIpc) is 3.49. The minimum atomic E-state index is -0.900. The van der Waals surface area contributed by atoms with Gasteiger partial charge < -0.3 is 8.98 Å². The number of ketones is 1. The van der Waals surface area contributed by atoms with Crippen LogP contribution in [0, 0.1) is 11.3 Å². The lowest BCUT2D eigenvalue weighted by Crippen LogP contribution is -2.13. The molecule has 0 aliphatic rings. The van der Waals surface area contributed by atoms with Gasteiger partial charge in [0.15, 0.2) is 28.4 Å². The van der Waals surface area contributed by atoms with Crippen LogP contribution >= 0.6 is 23.1 Å². The molecule has 4 rings (SSSR count). The lowest BCUT2D eigenvalue weighted by atomic mass is 10.1. The summed E-state index contributed by atoms with van der Waals surface area (Å²) in [7, 11) is 1.80. The van der Waals surface area contributed by atoms with Gasteiger partial charge in [-0.3, -0.25) is 4.79 Å². The molecule has 0 amide bonds. The third-order valence-electron chi connectivity index (χ3n) is 4.21. The zero-order valence-electron chi connectivity index (χ0n) is 15.3. The summed E-state index contributed by atoms with van der Waals surface area (Å²) in [4.78, 5) is 17.2. The van der Waals surface area contributed by atoms with E-state index in [0.29, 0.717) is 21.7 Å². The number of benzene rings is 1. The number of nitriles is 1. The normalized spacial score (nSPS) is 11.9. The molecule has 0 spiro atoms. The largest absolute Gasteiger partial charge is 0.461 e. The molecule has 0 bridgehead atoms. The monoisotopic (exact) mass is 421 g/mol. The molecule has 1 aromatic carbocycles. The van der Waals surface area contributed by atoms with Gasteiger partial charge in [0.05, 0.1) is 23.8 Å². The highest BCUT2D eigenvalue weighted by Crippen LogP contribution is 2.29. The molecule has 0 saturated carbocycles. The van der Waals surface area contributed by atoms with Gasteiger partial charge in [-0.2, -0.15) is 5.26 Å². The fourth-order valence-electron chi connectivity index (χ4n) is 2.71. The number of furan rings is 1. The van der Waals surface area contributed by atoms with E-state index in [-0.39, 0.29) is 11.5 Å². The van der Waals surface area contributed by atoms with Crippen molar-refractivity contribution in [3.63, 3.8) is 0 Å². The van der Waals surface area contributed by atoms with Crippen LogP contribution < -0.4 is 0 Å². The summed E-state index contributed by atoms with van der Waals surface area (Å²) in [5.74, 6) is 0.165. The summed E-state index contributed by atoms with van der Waals surface area (Å²) in [6.07, 6.45) is 1.57. The minimum Gasteiger partial charge on any atom is -0.461 e.